The minimum atomic E-state index is -0.366. The maximum atomic E-state index is 12.2. The highest BCUT2D eigenvalue weighted by atomic mass is 16.3. The highest BCUT2D eigenvalue weighted by molar-refractivity contribution is 6.13. The van der Waals surface area contributed by atoms with Crippen molar-refractivity contribution in [2.24, 2.45) is 0 Å². The van der Waals surface area contributed by atoms with Gasteiger partial charge in [-0.05, 0) is 24.3 Å². The Morgan fingerprint density at radius 1 is 1.00 bits per heavy atom. The number of benzene rings is 2. The van der Waals surface area contributed by atoms with E-state index < -0.39 is 0 Å². The second kappa shape index (κ2) is 4.29. The van der Waals surface area contributed by atoms with Crippen LogP contribution in [0.15, 0.2) is 36.4 Å². The van der Waals surface area contributed by atoms with Gasteiger partial charge in [0, 0.05) is 11.1 Å². The molecule has 0 aliphatic carbocycles. The van der Waals surface area contributed by atoms with Gasteiger partial charge in [-0.3, -0.25) is 4.79 Å². The van der Waals surface area contributed by atoms with E-state index in [4.69, 9.17) is 11.5 Å². The first-order chi connectivity index (χ1) is 8.50. The van der Waals surface area contributed by atoms with E-state index in [-0.39, 0.29) is 34.2 Å². The summed E-state index contributed by atoms with van der Waals surface area (Å²) in [5.74, 6) is -0.541. The largest absolute Gasteiger partial charge is 0.508 e. The maximum Gasteiger partial charge on any atom is 0.195 e. The Labute approximate surface area is 103 Å². The lowest BCUT2D eigenvalue weighted by molar-refractivity contribution is 0.103. The lowest BCUT2D eigenvalue weighted by atomic mass is 10.0. The Morgan fingerprint density at radius 2 is 1.72 bits per heavy atom. The summed E-state index contributed by atoms with van der Waals surface area (Å²) in [7, 11) is 0. The molecule has 0 spiro atoms. The van der Waals surface area contributed by atoms with E-state index in [0.717, 1.165) is 0 Å². The van der Waals surface area contributed by atoms with Crippen molar-refractivity contribution < 1.29 is 15.0 Å². The predicted molar refractivity (Wildman–Crippen MR) is 68.5 cm³/mol. The molecule has 2 aromatic carbocycles. The van der Waals surface area contributed by atoms with Crippen LogP contribution in [0.25, 0.3) is 0 Å². The molecule has 0 bridgehead atoms. The van der Waals surface area contributed by atoms with Crippen LogP contribution in [0, 0.1) is 0 Å². The second-order valence-electron chi connectivity index (χ2n) is 3.84. The van der Waals surface area contributed by atoms with E-state index in [9.17, 15) is 15.0 Å². The molecule has 0 unspecified atom stereocenters. The molecule has 5 heteroatoms. The first-order valence-electron chi connectivity index (χ1n) is 5.21. The Hall–Kier alpha value is -2.69. The van der Waals surface area contributed by atoms with E-state index in [1.165, 1.54) is 24.3 Å². The highest BCUT2D eigenvalue weighted by Crippen LogP contribution is 2.31. The molecule has 0 atom stereocenters. The summed E-state index contributed by atoms with van der Waals surface area (Å²) in [5.41, 5.74) is 11.7. The standard InChI is InChI=1S/C13H12N2O3/c14-11-9(4-5-10(17)12(11)15)13(18)7-2-1-3-8(16)6-7/h1-6,16-17H,14-15H2. The number of aromatic hydroxyl groups is 2. The van der Waals surface area contributed by atoms with Gasteiger partial charge >= 0.3 is 0 Å². The van der Waals surface area contributed by atoms with Gasteiger partial charge in [0.15, 0.2) is 5.78 Å². The Balaban J connectivity index is 2.50. The van der Waals surface area contributed by atoms with E-state index >= 15 is 0 Å². The summed E-state index contributed by atoms with van der Waals surface area (Å²) in [4.78, 5) is 12.2. The van der Waals surface area contributed by atoms with Crippen LogP contribution in [0.5, 0.6) is 11.5 Å². The molecule has 0 fully saturated rings. The first-order valence-corrected chi connectivity index (χ1v) is 5.21. The third-order valence-electron chi connectivity index (χ3n) is 2.62. The number of carbonyl (C=O) groups excluding carboxylic acids is 1. The SMILES string of the molecule is Nc1c(O)ccc(C(=O)c2cccc(O)c2)c1N. The molecule has 0 aliphatic heterocycles. The van der Waals surface area contributed by atoms with Crippen molar-refractivity contribution in [1.29, 1.82) is 0 Å². The summed E-state index contributed by atoms with van der Waals surface area (Å²) >= 11 is 0. The number of hydrogen-bond donors (Lipinski definition) is 4. The first kappa shape index (κ1) is 11.8. The van der Waals surface area contributed by atoms with Gasteiger partial charge in [-0.15, -0.1) is 0 Å². The number of rotatable bonds is 2. The number of anilines is 2. The Kier molecular flexibility index (Phi) is 2.81. The van der Waals surface area contributed by atoms with Crippen molar-refractivity contribution in [3.8, 4) is 11.5 Å². The van der Waals surface area contributed by atoms with E-state index in [2.05, 4.69) is 0 Å². The fourth-order valence-electron chi connectivity index (χ4n) is 1.63. The van der Waals surface area contributed by atoms with E-state index in [0.29, 0.717) is 5.56 Å². The highest BCUT2D eigenvalue weighted by Gasteiger charge is 2.16. The fraction of sp³-hybridized carbons (Fsp3) is 0. The van der Waals surface area contributed by atoms with Gasteiger partial charge in [0.2, 0.25) is 0 Å². The molecule has 0 amide bonds. The zero-order valence-electron chi connectivity index (χ0n) is 9.42. The molecule has 2 aromatic rings. The summed E-state index contributed by atoms with van der Waals surface area (Å²) in [6, 6.07) is 8.62. The third kappa shape index (κ3) is 1.93. The molecule has 18 heavy (non-hydrogen) atoms. The van der Waals surface area contributed by atoms with Crippen LogP contribution in [0.3, 0.4) is 0 Å². The van der Waals surface area contributed by atoms with Crippen molar-refractivity contribution in [2.75, 3.05) is 11.5 Å². The van der Waals surface area contributed by atoms with E-state index in [1.807, 2.05) is 0 Å². The van der Waals surface area contributed by atoms with Crippen LogP contribution in [-0.2, 0) is 0 Å². The van der Waals surface area contributed by atoms with Gasteiger partial charge in [-0.2, -0.15) is 0 Å². The number of phenolic OH excluding ortho intramolecular Hbond substituents is 2. The van der Waals surface area contributed by atoms with Crippen LogP contribution < -0.4 is 11.5 Å². The number of phenols is 2. The van der Waals surface area contributed by atoms with Crippen molar-refractivity contribution in [1.82, 2.24) is 0 Å². The zero-order valence-corrected chi connectivity index (χ0v) is 9.42. The van der Waals surface area contributed by atoms with Crippen molar-refractivity contribution in [3.63, 3.8) is 0 Å². The zero-order chi connectivity index (χ0) is 13.3. The minimum Gasteiger partial charge on any atom is -0.508 e. The van der Waals surface area contributed by atoms with Gasteiger partial charge < -0.3 is 21.7 Å². The van der Waals surface area contributed by atoms with E-state index in [1.54, 1.807) is 12.1 Å². The molecule has 0 radical (unpaired) electrons. The summed E-state index contributed by atoms with van der Waals surface area (Å²) in [6.45, 7) is 0. The molecule has 0 aromatic heterocycles. The van der Waals surface area contributed by atoms with Crippen LogP contribution in [0.4, 0.5) is 11.4 Å². The number of carbonyl (C=O) groups is 1. The normalized spacial score (nSPS) is 10.2. The van der Waals surface area contributed by atoms with Crippen LogP contribution >= 0.6 is 0 Å². The minimum absolute atomic E-state index is 0.00817. The number of nitrogen functional groups attached to an aromatic ring is 2. The number of hydrogen-bond acceptors (Lipinski definition) is 5. The van der Waals surface area contributed by atoms with Gasteiger partial charge in [-0.1, -0.05) is 12.1 Å². The van der Waals surface area contributed by atoms with Crippen molar-refractivity contribution in [2.45, 2.75) is 0 Å². The third-order valence-corrected chi connectivity index (χ3v) is 2.62. The lowest BCUT2D eigenvalue weighted by Gasteiger charge is -2.09. The van der Waals surface area contributed by atoms with Crippen LogP contribution in [0.1, 0.15) is 15.9 Å². The van der Waals surface area contributed by atoms with Gasteiger partial charge in [-0.25, -0.2) is 0 Å². The molecule has 0 aliphatic rings. The lowest BCUT2D eigenvalue weighted by Crippen LogP contribution is -2.07. The molecule has 6 N–H and O–H groups in total. The smallest absolute Gasteiger partial charge is 0.195 e. The predicted octanol–water partition coefficient (Wildman–Crippen LogP) is 1.49. The second-order valence-corrected chi connectivity index (χ2v) is 3.84. The van der Waals surface area contributed by atoms with Gasteiger partial charge in [0.05, 0.1) is 11.4 Å². The molecule has 92 valence electrons. The molecule has 0 saturated heterocycles. The topological polar surface area (TPSA) is 110 Å². The summed E-state index contributed by atoms with van der Waals surface area (Å²) in [6.07, 6.45) is 0. The quantitative estimate of drug-likeness (QED) is 0.363. The van der Waals surface area contributed by atoms with Crippen molar-refractivity contribution in [3.05, 3.63) is 47.5 Å². The molecule has 5 nitrogen and oxygen atoms in total. The average Bonchev–Trinajstić information content (AvgIpc) is 2.35. The average molecular weight is 244 g/mol. The van der Waals surface area contributed by atoms with Gasteiger partial charge in [0.25, 0.3) is 0 Å². The summed E-state index contributed by atoms with van der Waals surface area (Å²) < 4.78 is 0. The molecule has 0 heterocycles. The Morgan fingerprint density at radius 3 is 2.39 bits per heavy atom. The molecule has 0 saturated carbocycles. The number of ketones is 1. The van der Waals surface area contributed by atoms with Crippen molar-refractivity contribution >= 4 is 17.2 Å². The fourth-order valence-corrected chi connectivity index (χ4v) is 1.63. The monoisotopic (exact) mass is 244 g/mol. The van der Waals surface area contributed by atoms with Crippen LogP contribution in [0.2, 0.25) is 0 Å². The summed E-state index contributed by atoms with van der Waals surface area (Å²) in [5, 5.41) is 18.7. The Bertz CT molecular complexity index is 624. The molecular formula is C13H12N2O3. The maximum absolute atomic E-state index is 12.2. The number of nitrogens with two attached hydrogens (primary N) is 2. The van der Waals surface area contributed by atoms with Gasteiger partial charge in [0.1, 0.15) is 11.5 Å². The van der Waals surface area contributed by atoms with Crippen LogP contribution in [-0.4, -0.2) is 16.0 Å². The molecular weight excluding hydrogens is 232 g/mol. The molecule has 2 rings (SSSR count).